The van der Waals surface area contributed by atoms with Gasteiger partial charge in [0.25, 0.3) is 0 Å². The smallest absolute Gasteiger partial charge is 0.140 e. The van der Waals surface area contributed by atoms with Gasteiger partial charge in [-0.1, -0.05) is 22.9 Å². The molecule has 0 bridgehead atoms. The highest BCUT2D eigenvalue weighted by Crippen LogP contribution is 1.95. The van der Waals surface area contributed by atoms with E-state index in [-0.39, 0.29) is 0 Å². The van der Waals surface area contributed by atoms with Crippen LogP contribution in [0.5, 0.6) is 0 Å². The van der Waals surface area contributed by atoms with Crippen LogP contribution in [-0.4, -0.2) is 26.6 Å². The number of rotatable bonds is 6. The molecule has 4 nitrogen and oxygen atoms in total. The first-order valence-corrected chi connectivity index (χ1v) is 5.64. The van der Waals surface area contributed by atoms with Crippen molar-refractivity contribution in [2.45, 2.75) is 26.4 Å². The van der Waals surface area contributed by atoms with Crippen LogP contribution < -0.4 is 5.32 Å². The van der Waals surface area contributed by atoms with E-state index in [0.717, 1.165) is 37.2 Å². The Kier molecular flexibility index (Phi) is 5.00. The van der Waals surface area contributed by atoms with Crippen LogP contribution in [0.25, 0.3) is 0 Å². The highest BCUT2D eigenvalue weighted by atomic mass is 79.9. The zero-order chi connectivity index (χ0) is 9.52. The lowest BCUT2D eigenvalue weighted by Crippen LogP contribution is -2.19. The molecule has 0 aliphatic carbocycles. The van der Waals surface area contributed by atoms with Gasteiger partial charge in [0.2, 0.25) is 0 Å². The first-order valence-electron chi connectivity index (χ1n) is 4.51. The van der Waals surface area contributed by atoms with E-state index < -0.39 is 0 Å². The summed E-state index contributed by atoms with van der Waals surface area (Å²) in [7, 11) is 0. The van der Waals surface area contributed by atoms with Crippen LogP contribution in [0.4, 0.5) is 0 Å². The zero-order valence-corrected chi connectivity index (χ0v) is 9.42. The monoisotopic (exact) mass is 246 g/mol. The van der Waals surface area contributed by atoms with Gasteiger partial charge in [-0.25, -0.2) is 9.67 Å². The van der Waals surface area contributed by atoms with Crippen molar-refractivity contribution in [3.8, 4) is 0 Å². The van der Waals surface area contributed by atoms with Gasteiger partial charge in [-0.05, 0) is 6.42 Å². The molecule has 0 spiro atoms. The first kappa shape index (κ1) is 10.7. The lowest BCUT2D eigenvalue weighted by molar-refractivity contribution is 0.548. The minimum absolute atomic E-state index is 0.797. The molecule has 1 N–H and O–H groups in total. The average molecular weight is 247 g/mol. The second-order valence-corrected chi connectivity index (χ2v) is 3.56. The summed E-state index contributed by atoms with van der Waals surface area (Å²) in [6.07, 6.45) is 2.70. The third-order valence-electron chi connectivity index (χ3n) is 1.69. The molecule has 1 aromatic heterocycles. The van der Waals surface area contributed by atoms with Crippen LogP contribution in [0.1, 0.15) is 19.2 Å². The molecule has 74 valence electrons. The maximum atomic E-state index is 4.18. The van der Waals surface area contributed by atoms with Crippen molar-refractivity contribution < 1.29 is 0 Å². The van der Waals surface area contributed by atoms with Crippen LogP contribution >= 0.6 is 15.9 Å². The molecule has 0 unspecified atom stereocenters. The second kappa shape index (κ2) is 6.10. The van der Waals surface area contributed by atoms with E-state index in [4.69, 9.17) is 0 Å². The predicted octanol–water partition coefficient (Wildman–Crippen LogP) is 1.17. The predicted molar refractivity (Wildman–Crippen MR) is 55.8 cm³/mol. The Bertz CT molecular complexity index is 236. The summed E-state index contributed by atoms with van der Waals surface area (Å²) in [6.45, 7) is 4.84. The van der Waals surface area contributed by atoms with Crippen molar-refractivity contribution in [2.75, 3.05) is 11.9 Å². The molecule has 5 heteroatoms. The van der Waals surface area contributed by atoms with Gasteiger partial charge >= 0.3 is 0 Å². The van der Waals surface area contributed by atoms with Crippen molar-refractivity contribution in [3.63, 3.8) is 0 Å². The molecule has 0 saturated heterocycles. The number of nitrogens with one attached hydrogen (secondary N) is 1. The van der Waals surface area contributed by atoms with Crippen LogP contribution in [0, 0.1) is 0 Å². The highest BCUT2D eigenvalue weighted by molar-refractivity contribution is 9.09. The number of hydrogen-bond acceptors (Lipinski definition) is 3. The van der Waals surface area contributed by atoms with Gasteiger partial charge in [0.15, 0.2) is 0 Å². The van der Waals surface area contributed by atoms with Crippen molar-refractivity contribution in [2.24, 2.45) is 0 Å². The molecule has 0 aliphatic rings. The Morgan fingerprint density at radius 2 is 2.46 bits per heavy atom. The molecule has 0 atom stereocenters. The third-order valence-corrected chi connectivity index (χ3v) is 2.08. The summed E-state index contributed by atoms with van der Waals surface area (Å²) in [5, 5.41) is 8.37. The maximum Gasteiger partial charge on any atom is 0.140 e. The topological polar surface area (TPSA) is 42.7 Å². The summed E-state index contributed by atoms with van der Waals surface area (Å²) in [4.78, 5) is 4.18. The molecule has 0 amide bonds. The van der Waals surface area contributed by atoms with E-state index in [1.54, 1.807) is 6.33 Å². The molecular weight excluding hydrogens is 232 g/mol. The summed E-state index contributed by atoms with van der Waals surface area (Å²) in [5.74, 6) is 1.02. The molecule has 0 aliphatic heterocycles. The van der Waals surface area contributed by atoms with Gasteiger partial charge in [-0.2, -0.15) is 5.10 Å². The SMILES string of the molecule is CCCn1ncnc1CNCCBr. The Morgan fingerprint density at radius 3 is 3.15 bits per heavy atom. The number of alkyl halides is 1. The fraction of sp³-hybridized carbons (Fsp3) is 0.750. The lowest BCUT2D eigenvalue weighted by atomic mass is 10.4. The van der Waals surface area contributed by atoms with Crippen LogP contribution in [-0.2, 0) is 13.1 Å². The first-order chi connectivity index (χ1) is 6.38. The zero-order valence-electron chi connectivity index (χ0n) is 7.83. The number of aryl methyl sites for hydroxylation is 1. The third kappa shape index (κ3) is 3.44. The van der Waals surface area contributed by atoms with Crippen LogP contribution in [0.15, 0.2) is 6.33 Å². The number of nitrogens with zero attached hydrogens (tertiary/aromatic N) is 3. The van der Waals surface area contributed by atoms with Crippen molar-refractivity contribution >= 4 is 15.9 Å². The van der Waals surface area contributed by atoms with E-state index >= 15 is 0 Å². The van der Waals surface area contributed by atoms with Gasteiger partial charge in [-0.15, -0.1) is 0 Å². The van der Waals surface area contributed by atoms with Crippen LogP contribution in [0.2, 0.25) is 0 Å². The number of aromatic nitrogens is 3. The second-order valence-electron chi connectivity index (χ2n) is 2.77. The van der Waals surface area contributed by atoms with Gasteiger partial charge in [0.1, 0.15) is 12.2 Å². The summed E-state index contributed by atoms with van der Waals surface area (Å²) in [6, 6.07) is 0. The molecule has 0 fully saturated rings. The van der Waals surface area contributed by atoms with E-state index in [1.807, 2.05) is 4.68 Å². The molecular formula is C8H15BrN4. The van der Waals surface area contributed by atoms with Gasteiger partial charge < -0.3 is 5.32 Å². The van der Waals surface area contributed by atoms with Gasteiger partial charge in [0.05, 0.1) is 6.54 Å². The largest absolute Gasteiger partial charge is 0.309 e. The minimum atomic E-state index is 0.797. The van der Waals surface area contributed by atoms with Gasteiger partial charge in [-0.3, -0.25) is 0 Å². The van der Waals surface area contributed by atoms with Crippen LogP contribution in [0.3, 0.4) is 0 Å². The molecule has 0 aromatic carbocycles. The Hall–Kier alpha value is -0.420. The highest BCUT2D eigenvalue weighted by Gasteiger charge is 2.01. The van der Waals surface area contributed by atoms with Gasteiger partial charge in [0, 0.05) is 18.4 Å². The molecule has 1 rings (SSSR count). The Balaban J connectivity index is 2.40. The van der Waals surface area contributed by atoms with E-state index in [2.05, 4.69) is 38.3 Å². The van der Waals surface area contributed by atoms with Crippen molar-refractivity contribution in [1.82, 2.24) is 20.1 Å². The summed E-state index contributed by atoms with van der Waals surface area (Å²) < 4.78 is 1.95. The van der Waals surface area contributed by atoms with Crippen molar-refractivity contribution in [3.05, 3.63) is 12.2 Å². The molecule has 1 aromatic rings. The Labute approximate surface area is 86.9 Å². The fourth-order valence-corrected chi connectivity index (χ4v) is 1.37. The fourth-order valence-electron chi connectivity index (χ4n) is 1.09. The molecule has 0 radical (unpaired) electrons. The Morgan fingerprint density at radius 1 is 1.62 bits per heavy atom. The number of halogens is 1. The summed E-state index contributed by atoms with van der Waals surface area (Å²) >= 11 is 3.36. The quantitative estimate of drug-likeness (QED) is 0.606. The van der Waals surface area contributed by atoms with Crippen molar-refractivity contribution in [1.29, 1.82) is 0 Å². The average Bonchev–Trinajstić information content (AvgIpc) is 2.54. The lowest BCUT2D eigenvalue weighted by Gasteiger charge is -2.04. The standard InChI is InChI=1S/C8H15BrN4/c1-2-5-13-8(11-7-12-13)6-10-4-3-9/h7,10H,2-6H2,1H3. The van der Waals surface area contributed by atoms with E-state index in [9.17, 15) is 0 Å². The summed E-state index contributed by atoms with van der Waals surface area (Å²) in [5.41, 5.74) is 0. The minimum Gasteiger partial charge on any atom is -0.309 e. The molecule has 13 heavy (non-hydrogen) atoms. The van der Waals surface area contributed by atoms with E-state index in [1.165, 1.54) is 0 Å². The molecule has 1 heterocycles. The van der Waals surface area contributed by atoms with E-state index in [0.29, 0.717) is 0 Å². The normalized spacial score (nSPS) is 10.6. The maximum absolute atomic E-state index is 4.18. The number of hydrogen-bond donors (Lipinski definition) is 1. The molecule has 0 saturated carbocycles.